The van der Waals surface area contributed by atoms with Crippen molar-refractivity contribution in [3.05, 3.63) is 37.4 Å². The molecule has 0 amide bonds. The van der Waals surface area contributed by atoms with Crippen LogP contribution in [-0.4, -0.2) is 16.1 Å². The van der Waals surface area contributed by atoms with Gasteiger partial charge in [-0.3, -0.25) is 10.1 Å². The first-order valence-electron chi connectivity index (χ1n) is 4.65. The molecule has 0 fully saturated rings. The summed E-state index contributed by atoms with van der Waals surface area (Å²) >= 11 is 2.03. The number of nitrogens with zero attached hydrogens (tertiary/aromatic N) is 1. The lowest BCUT2D eigenvalue weighted by Crippen LogP contribution is -2.10. The van der Waals surface area contributed by atoms with Crippen LogP contribution in [0.4, 0.5) is 5.69 Å². The molecule has 1 N–H and O–H groups in total. The second kappa shape index (κ2) is 5.41. The molecule has 0 bridgehead atoms. The zero-order chi connectivity index (χ0) is 11.4. The molecule has 0 heterocycles. The molecule has 1 rings (SSSR count). The van der Waals surface area contributed by atoms with Crippen LogP contribution < -0.4 is 0 Å². The Kier molecular flexibility index (Phi) is 4.46. The average molecular weight is 321 g/mol. The average Bonchev–Trinajstić information content (AvgIpc) is 2.20. The van der Waals surface area contributed by atoms with Gasteiger partial charge in [0.05, 0.1) is 11.0 Å². The zero-order valence-corrected chi connectivity index (χ0v) is 10.5. The van der Waals surface area contributed by atoms with E-state index in [0.717, 1.165) is 3.57 Å². The van der Waals surface area contributed by atoms with E-state index >= 15 is 0 Å². The standard InChI is InChI=1S/C10H12INO3/c1-2-9(13)5-7-3-4-8(11)6-10(7)12(14)15/h3-4,6,9,13H,2,5H2,1H3. The molecule has 0 saturated carbocycles. The van der Waals surface area contributed by atoms with Crippen molar-refractivity contribution in [3.63, 3.8) is 0 Å². The Morgan fingerprint density at radius 2 is 2.27 bits per heavy atom. The molecule has 1 aromatic rings. The summed E-state index contributed by atoms with van der Waals surface area (Å²) in [5.74, 6) is 0. The summed E-state index contributed by atoms with van der Waals surface area (Å²) in [4.78, 5) is 10.4. The fourth-order valence-electron chi connectivity index (χ4n) is 1.28. The third-order valence-electron chi connectivity index (χ3n) is 2.17. The number of aliphatic hydroxyl groups excluding tert-OH is 1. The van der Waals surface area contributed by atoms with Gasteiger partial charge in [0.25, 0.3) is 5.69 Å². The van der Waals surface area contributed by atoms with Gasteiger partial charge in [0, 0.05) is 21.6 Å². The normalized spacial score (nSPS) is 12.5. The number of nitro benzene ring substituents is 1. The summed E-state index contributed by atoms with van der Waals surface area (Å²) in [5, 5.41) is 20.2. The largest absolute Gasteiger partial charge is 0.393 e. The van der Waals surface area contributed by atoms with Gasteiger partial charge in [0.2, 0.25) is 0 Å². The van der Waals surface area contributed by atoms with Crippen LogP contribution in [-0.2, 0) is 6.42 Å². The number of hydrogen-bond donors (Lipinski definition) is 1. The van der Waals surface area contributed by atoms with Crippen LogP contribution in [0.25, 0.3) is 0 Å². The van der Waals surface area contributed by atoms with Crippen molar-refractivity contribution in [1.82, 2.24) is 0 Å². The van der Waals surface area contributed by atoms with E-state index in [1.807, 2.05) is 35.6 Å². The van der Waals surface area contributed by atoms with Gasteiger partial charge in [-0.05, 0) is 35.1 Å². The maximum absolute atomic E-state index is 10.8. The van der Waals surface area contributed by atoms with Gasteiger partial charge < -0.3 is 5.11 Å². The summed E-state index contributed by atoms with van der Waals surface area (Å²) in [7, 11) is 0. The lowest BCUT2D eigenvalue weighted by molar-refractivity contribution is -0.385. The molecular weight excluding hydrogens is 309 g/mol. The van der Waals surface area contributed by atoms with E-state index in [9.17, 15) is 15.2 Å². The van der Waals surface area contributed by atoms with Crippen LogP contribution in [0.2, 0.25) is 0 Å². The Bertz CT molecular complexity index is 368. The smallest absolute Gasteiger partial charge is 0.273 e. The molecule has 4 nitrogen and oxygen atoms in total. The Hall–Kier alpha value is -0.690. The minimum Gasteiger partial charge on any atom is -0.393 e. The summed E-state index contributed by atoms with van der Waals surface area (Å²) < 4.78 is 0.828. The summed E-state index contributed by atoms with van der Waals surface area (Å²) in [6.07, 6.45) is 0.427. The first kappa shape index (κ1) is 12.4. The van der Waals surface area contributed by atoms with E-state index in [0.29, 0.717) is 18.4 Å². The number of halogens is 1. The summed E-state index contributed by atoms with van der Waals surface area (Å²) in [6.45, 7) is 1.85. The molecule has 0 aliphatic heterocycles. The minimum absolute atomic E-state index is 0.0920. The number of benzene rings is 1. The molecular formula is C10H12INO3. The fraction of sp³-hybridized carbons (Fsp3) is 0.400. The van der Waals surface area contributed by atoms with Crippen LogP contribution >= 0.6 is 22.6 Å². The molecule has 0 aromatic heterocycles. The monoisotopic (exact) mass is 321 g/mol. The van der Waals surface area contributed by atoms with E-state index in [1.165, 1.54) is 6.07 Å². The van der Waals surface area contributed by atoms with Gasteiger partial charge in [-0.2, -0.15) is 0 Å². The van der Waals surface area contributed by atoms with Crippen LogP contribution in [0.5, 0.6) is 0 Å². The molecule has 0 saturated heterocycles. The SMILES string of the molecule is CCC(O)Cc1ccc(I)cc1[N+](=O)[O-]. The second-order valence-electron chi connectivity index (χ2n) is 3.30. The van der Waals surface area contributed by atoms with Crippen LogP contribution in [0.1, 0.15) is 18.9 Å². The van der Waals surface area contributed by atoms with Crippen molar-refractivity contribution in [3.8, 4) is 0 Å². The Labute approximate surface area is 102 Å². The molecule has 0 aliphatic rings. The van der Waals surface area contributed by atoms with E-state index in [-0.39, 0.29) is 5.69 Å². The molecule has 15 heavy (non-hydrogen) atoms. The van der Waals surface area contributed by atoms with Gasteiger partial charge in [-0.1, -0.05) is 13.0 Å². The van der Waals surface area contributed by atoms with Gasteiger partial charge in [0.15, 0.2) is 0 Å². The molecule has 0 radical (unpaired) electrons. The van der Waals surface area contributed by atoms with Crippen molar-refractivity contribution >= 4 is 28.3 Å². The first-order valence-corrected chi connectivity index (χ1v) is 5.73. The predicted molar refractivity (Wildman–Crippen MR) is 65.8 cm³/mol. The molecule has 5 heteroatoms. The van der Waals surface area contributed by atoms with Crippen molar-refractivity contribution in [1.29, 1.82) is 0 Å². The third kappa shape index (κ3) is 3.42. The Morgan fingerprint density at radius 3 is 2.80 bits per heavy atom. The predicted octanol–water partition coefficient (Wildman–Crippen LogP) is 2.51. The maximum atomic E-state index is 10.8. The van der Waals surface area contributed by atoms with E-state index in [1.54, 1.807) is 6.07 Å². The van der Waals surface area contributed by atoms with Crippen molar-refractivity contribution < 1.29 is 10.0 Å². The fourth-order valence-corrected chi connectivity index (χ4v) is 1.75. The molecule has 1 unspecified atom stereocenters. The lowest BCUT2D eigenvalue weighted by atomic mass is 10.0. The highest BCUT2D eigenvalue weighted by atomic mass is 127. The number of nitro groups is 1. The van der Waals surface area contributed by atoms with Crippen LogP contribution in [0.3, 0.4) is 0 Å². The third-order valence-corrected chi connectivity index (χ3v) is 2.84. The zero-order valence-electron chi connectivity index (χ0n) is 8.31. The highest BCUT2D eigenvalue weighted by Crippen LogP contribution is 2.23. The maximum Gasteiger partial charge on any atom is 0.273 e. The minimum atomic E-state index is -0.510. The van der Waals surface area contributed by atoms with Gasteiger partial charge in [-0.25, -0.2) is 0 Å². The highest BCUT2D eigenvalue weighted by Gasteiger charge is 2.16. The van der Waals surface area contributed by atoms with Gasteiger partial charge in [0.1, 0.15) is 0 Å². The Morgan fingerprint density at radius 1 is 1.60 bits per heavy atom. The second-order valence-corrected chi connectivity index (χ2v) is 4.54. The highest BCUT2D eigenvalue weighted by molar-refractivity contribution is 14.1. The molecule has 0 spiro atoms. The molecule has 82 valence electrons. The molecule has 1 aromatic carbocycles. The Balaban J connectivity index is 3.01. The van der Waals surface area contributed by atoms with E-state index < -0.39 is 11.0 Å². The van der Waals surface area contributed by atoms with E-state index in [2.05, 4.69) is 0 Å². The number of aliphatic hydroxyl groups is 1. The van der Waals surface area contributed by atoms with E-state index in [4.69, 9.17) is 0 Å². The van der Waals surface area contributed by atoms with Gasteiger partial charge in [-0.15, -0.1) is 0 Å². The van der Waals surface area contributed by atoms with Crippen LogP contribution in [0, 0.1) is 13.7 Å². The lowest BCUT2D eigenvalue weighted by Gasteiger charge is -2.08. The number of rotatable bonds is 4. The first-order chi connectivity index (χ1) is 7.04. The number of hydrogen-bond acceptors (Lipinski definition) is 3. The van der Waals surface area contributed by atoms with Crippen LogP contribution in [0.15, 0.2) is 18.2 Å². The summed E-state index contributed by atoms with van der Waals surface area (Å²) in [6, 6.07) is 5.04. The van der Waals surface area contributed by atoms with Gasteiger partial charge >= 0.3 is 0 Å². The van der Waals surface area contributed by atoms with Crippen molar-refractivity contribution in [2.24, 2.45) is 0 Å². The quantitative estimate of drug-likeness (QED) is 0.526. The molecule has 0 aliphatic carbocycles. The topological polar surface area (TPSA) is 63.4 Å². The van der Waals surface area contributed by atoms with Crippen molar-refractivity contribution in [2.75, 3.05) is 0 Å². The van der Waals surface area contributed by atoms with Crippen molar-refractivity contribution in [2.45, 2.75) is 25.9 Å². The molecule has 1 atom stereocenters. The summed E-state index contributed by atoms with van der Waals surface area (Å²) in [5.41, 5.74) is 0.684.